The van der Waals surface area contributed by atoms with E-state index in [1.807, 2.05) is 6.07 Å². The predicted octanol–water partition coefficient (Wildman–Crippen LogP) is 3.75. The summed E-state index contributed by atoms with van der Waals surface area (Å²) in [6.07, 6.45) is 0.0322. The summed E-state index contributed by atoms with van der Waals surface area (Å²) in [4.78, 5) is 26.3. The lowest BCUT2D eigenvalue weighted by Gasteiger charge is -2.21. The van der Waals surface area contributed by atoms with E-state index >= 15 is 0 Å². The zero-order valence-electron chi connectivity index (χ0n) is 18.8. The molecule has 0 atom stereocenters. The number of esters is 1. The van der Waals surface area contributed by atoms with Gasteiger partial charge in [-0.1, -0.05) is 18.2 Å². The number of ether oxygens (including phenoxy) is 1. The Morgan fingerprint density at radius 2 is 1.57 bits per heavy atom. The van der Waals surface area contributed by atoms with Crippen molar-refractivity contribution in [2.75, 3.05) is 29.4 Å². The van der Waals surface area contributed by atoms with Gasteiger partial charge < -0.3 is 9.64 Å². The van der Waals surface area contributed by atoms with Crippen LogP contribution < -0.4 is 9.21 Å². The highest BCUT2D eigenvalue weighted by atomic mass is 32.2. The number of halogens is 1. The fourth-order valence-electron chi connectivity index (χ4n) is 3.17. The third kappa shape index (κ3) is 6.22. The van der Waals surface area contributed by atoms with Crippen LogP contribution in [0.15, 0.2) is 83.8 Å². The quantitative estimate of drug-likeness (QED) is 0.419. The molecule has 0 heterocycles. The molecular formula is C25H22FN3O5S. The highest BCUT2D eigenvalue weighted by Gasteiger charge is 2.22. The molecule has 0 aliphatic heterocycles. The molecule has 3 aromatic rings. The third-order valence-electron chi connectivity index (χ3n) is 5.08. The lowest BCUT2D eigenvalue weighted by molar-refractivity contribution is -0.121. The van der Waals surface area contributed by atoms with Crippen LogP contribution in [-0.2, 0) is 19.6 Å². The van der Waals surface area contributed by atoms with E-state index in [4.69, 9.17) is 10.00 Å². The number of nitriles is 1. The lowest BCUT2D eigenvalue weighted by Crippen LogP contribution is -2.35. The minimum atomic E-state index is -3.85. The molecule has 1 amide bonds. The van der Waals surface area contributed by atoms with Gasteiger partial charge in [0.1, 0.15) is 5.82 Å². The van der Waals surface area contributed by atoms with E-state index in [-0.39, 0.29) is 23.4 Å². The second-order valence-corrected chi connectivity index (χ2v) is 9.31. The molecule has 0 aliphatic rings. The van der Waals surface area contributed by atoms with Crippen LogP contribution in [0, 0.1) is 17.1 Å². The van der Waals surface area contributed by atoms with Gasteiger partial charge in [-0.2, -0.15) is 5.26 Å². The summed E-state index contributed by atoms with van der Waals surface area (Å²) in [6, 6.07) is 20.8. The van der Waals surface area contributed by atoms with Gasteiger partial charge in [0.2, 0.25) is 0 Å². The predicted molar refractivity (Wildman–Crippen MR) is 128 cm³/mol. The van der Waals surface area contributed by atoms with E-state index in [1.54, 1.807) is 30.3 Å². The van der Waals surface area contributed by atoms with Gasteiger partial charge in [-0.3, -0.25) is 9.10 Å². The molecule has 0 spiro atoms. The molecule has 0 N–H and O–H groups in total. The maximum absolute atomic E-state index is 13.2. The average Bonchev–Trinajstić information content (AvgIpc) is 2.88. The summed E-state index contributed by atoms with van der Waals surface area (Å²) in [5, 5.41) is 8.85. The van der Waals surface area contributed by atoms with Gasteiger partial charge in [-0.05, 0) is 60.7 Å². The molecule has 0 aromatic heterocycles. The molecule has 35 heavy (non-hydrogen) atoms. The van der Waals surface area contributed by atoms with E-state index in [0.29, 0.717) is 11.4 Å². The number of nitrogens with zero attached hydrogens (tertiary/aromatic N) is 3. The number of amides is 1. The number of sulfonamides is 1. The lowest BCUT2D eigenvalue weighted by atomic mass is 10.2. The molecule has 0 fully saturated rings. The number of anilines is 2. The maximum Gasteiger partial charge on any atom is 0.338 e. The second kappa shape index (κ2) is 11.3. The van der Waals surface area contributed by atoms with Crippen LogP contribution >= 0.6 is 0 Å². The Morgan fingerprint density at radius 1 is 0.943 bits per heavy atom. The standard InChI is InChI=1S/C25H22FN3O5S/c1-28(21-6-3-2-4-7-21)35(32,33)23-14-8-19(9-15-23)25(31)34-18-24(30)29(17-5-16-27)22-12-10-20(26)11-13-22/h2-4,6-15H,5,17-18H2,1H3. The van der Waals surface area contributed by atoms with Crippen molar-refractivity contribution in [3.05, 3.63) is 90.2 Å². The van der Waals surface area contributed by atoms with Crippen LogP contribution in [0.1, 0.15) is 16.8 Å². The van der Waals surface area contributed by atoms with Crippen molar-refractivity contribution >= 4 is 33.3 Å². The Kier molecular flexibility index (Phi) is 8.17. The Hall–Kier alpha value is -4.23. The molecule has 0 aliphatic carbocycles. The van der Waals surface area contributed by atoms with Crippen molar-refractivity contribution in [3.63, 3.8) is 0 Å². The van der Waals surface area contributed by atoms with E-state index in [9.17, 15) is 22.4 Å². The van der Waals surface area contributed by atoms with Crippen molar-refractivity contribution in [3.8, 4) is 6.07 Å². The Balaban J connectivity index is 1.67. The minimum absolute atomic E-state index is 0.0181. The van der Waals surface area contributed by atoms with Crippen LogP contribution in [0.25, 0.3) is 0 Å². The summed E-state index contributed by atoms with van der Waals surface area (Å²) in [7, 11) is -2.42. The van der Waals surface area contributed by atoms with Crippen LogP contribution in [0.2, 0.25) is 0 Å². The second-order valence-electron chi connectivity index (χ2n) is 7.34. The molecule has 0 bridgehead atoms. The smallest absolute Gasteiger partial charge is 0.338 e. The summed E-state index contributed by atoms with van der Waals surface area (Å²) in [6.45, 7) is -0.571. The van der Waals surface area contributed by atoms with Crippen LogP contribution in [0.4, 0.5) is 15.8 Å². The van der Waals surface area contributed by atoms with Gasteiger partial charge in [0.25, 0.3) is 15.9 Å². The fraction of sp³-hybridized carbons (Fsp3) is 0.160. The number of rotatable bonds is 9. The van der Waals surface area contributed by atoms with Crippen molar-refractivity contribution in [1.29, 1.82) is 5.26 Å². The first-order valence-corrected chi connectivity index (χ1v) is 11.9. The van der Waals surface area contributed by atoms with Crippen molar-refractivity contribution in [2.45, 2.75) is 11.3 Å². The Bertz CT molecular complexity index is 1320. The topological polar surface area (TPSA) is 108 Å². The Morgan fingerprint density at radius 3 is 2.17 bits per heavy atom. The van der Waals surface area contributed by atoms with Crippen molar-refractivity contribution < 1.29 is 27.1 Å². The van der Waals surface area contributed by atoms with E-state index in [2.05, 4.69) is 0 Å². The summed E-state index contributed by atoms with van der Waals surface area (Å²) in [5.74, 6) is -1.89. The molecule has 0 unspecified atom stereocenters. The van der Waals surface area contributed by atoms with Crippen LogP contribution in [0.3, 0.4) is 0 Å². The molecule has 3 aromatic carbocycles. The molecule has 0 saturated heterocycles. The number of hydrogen-bond acceptors (Lipinski definition) is 6. The highest BCUT2D eigenvalue weighted by Crippen LogP contribution is 2.22. The highest BCUT2D eigenvalue weighted by molar-refractivity contribution is 7.92. The monoisotopic (exact) mass is 495 g/mol. The van der Waals surface area contributed by atoms with Gasteiger partial charge in [-0.25, -0.2) is 17.6 Å². The SMILES string of the molecule is CN(c1ccccc1)S(=O)(=O)c1ccc(C(=O)OCC(=O)N(CCC#N)c2ccc(F)cc2)cc1. The van der Waals surface area contributed by atoms with Crippen LogP contribution in [0.5, 0.6) is 0 Å². The molecular weight excluding hydrogens is 473 g/mol. The average molecular weight is 496 g/mol. The summed E-state index contributed by atoms with van der Waals surface area (Å²) >= 11 is 0. The number of para-hydroxylation sites is 1. The van der Waals surface area contributed by atoms with E-state index in [1.165, 1.54) is 60.5 Å². The molecule has 8 nitrogen and oxygen atoms in total. The third-order valence-corrected chi connectivity index (χ3v) is 6.88. The maximum atomic E-state index is 13.2. The van der Waals surface area contributed by atoms with Gasteiger partial charge >= 0.3 is 5.97 Å². The Labute approximate surface area is 202 Å². The largest absolute Gasteiger partial charge is 0.452 e. The number of carbonyl (C=O) groups is 2. The number of benzene rings is 3. The van der Waals surface area contributed by atoms with Gasteiger partial charge in [-0.15, -0.1) is 0 Å². The van der Waals surface area contributed by atoms with Crippen molar-refractivity contribution in [2.24, 2.45) is 0 Å². The number of hydrogen-bond donors (Lipinski definition) is 0. The molecule has 180 valence electrons. The molecule has 10 heteroatoms. The molecule has 0 radical (unpaired) electrons. The first-order chi connectivity index (χ1) is 16.7. The van der Waals surface area contributed by atoms with Gasteiger partial charge in [0.05, 0.1) is 28.6 Å². The van der Waals surface area contributed by atoms with E-state index in [0.717, 1.165) is 4.31 Å². The summed E-state index contributed by atoms with van der Waals surface area (Å²) < 4.78 is 45.2. The van der Waals surface area contributed by atoms with Gasteiger partial charge in [0, 0.05) is 19.3 Å². The van der Waals surface area contributed by atoms with Gasteiger partial charge in [0.15, 0.2) is 6.61 Å². The zero-order valence-corrected chi connectivity index (χ0v) is 19.6. The van der Waals surface area contributed by atoms with Crippen LogP contribution in [-0.4, -0.2) is 40.5 Å². The summed E-state index contributed by atoms with van der Waals surface area (Å²) in [5.41, 5.74) is 0.904. The normalized spacial score (nSPS) is 10.8. The molecule has 0 saturated carbocycles. The van der Waals surface area contributed by atoms with Crippen molar-refractivity contribution in [1.82, 2.24) is 0 Å². The number of carbonyl (C=O) groups excluding carboxylic acids is 2. The zero-order chi connectivity index (χ0) is 25.4. The minimum Gasteiger partial charge on any atom is -0.452 e. The molecule has 3 rings (SSSR count). The fourth-order valence-corrected chi connectivity index (χ4v) is 4.36. The first-order valence-electron chi connectivity index (χ1n) is 10.5. The van der Waals surface area contributed by atoms with E-state index < -0.39 is 34.3 Å². The first kappa shape index (κ1) is 25.4.